The first-order valence-electron chi connectivity index (χ1n) is 24.3. The second-order valence-electron chi connectivity index (χ2n) is 18.2. The average Bonchev–Trinajstić information content (AvgIpc) is 3.94. The van der Waals surface area contributed by atoms with Crippen LogP contribution in [0.1, 0.15) is 24.5 Å². The van der Waals surface area contributed by atoms with Crippen molar-refractivity contribution in [2.24, 2.45) is 5.92 Å². The SMILES string of the molecule is C#C/C(=C\C=C/C)C1(C2C=CC=CC2)c2ccccc2-c2c(N(c3ccc(-c4ccccc4)cc3)c3ccc(-c4ccccc4)cc3)ccc(-c3ccc4c(c3)c3ccccc3n4-c3ccccc3)c21. The van der Waals surface area contributed by atoms with Crippen molar-refractivity contribution in [1.82, 2.24) is 4.57 Å². The molecule has 0 amide bonds. The zero-order chi connectivity index (χ0) is 47.0. The van der Waals surface area contributed by atoms with Gasteiger partial charge in [0.1, 0.15) is 0 Å². The smallest absolute Gasteiger partial charge is 0.0615 e. The van der Waals surface area contributed by atoms with Crippen LogP contribution in [-0.4, -0.2) is 4.57 Å². The second kappa shape index (κ2) is 18.0. The Morgan fingerprint density at radius 1 is 0.571 bits per heavy atom. The fourth-order valence-corrected chi connectivity index (χ4v) is 11.4. The normalized spacial score (nSPS) is 16.1. The van der Waals surface area contributed by atoms with Gasteiger partial charge in [-0.15, -0.1) is 6.42 Å². The summed E-state index contributed by atoms with van der Waals surface area (Å²) in [5, 5.41) is 2.42. The van der Waals surface area contributed by atoms with E-state index in [4.69, 9.17) is 6.42 Å². The lowest BCUT2D eigenvalue weighted by Crippen LogP contribution is -2.36. The maximum Gasteiger partial charge on any atom is 0.0615 e. The van der Waals surface area contributed by atoms with Crippen molar-refractivity contribution in [3.8, 4) is 62.5 Å². The van der Waals surface area contributed by atoms with Gasteiger partial charge in [0, 0.05) is 39.0 Å². The van der Waals surface area contributed by atoms with E-state index < -0.39 is 5.41 Å². The monoisotopic (exact) mass is 894 g/mol. The van der Waals surface area contributed by atoms with Gasteiger partial charge in [0.05, 0.1) is 22.1 Å². The molecule has 10 aromatic rings. The molecule has 332 valence electrons. The summed E-state index contributed by atoms with van der Waals surface area (Å²) >= 11 is 0. The van der Waals surface area contributed by atoms with Crippen LogP contribution in [0.15, 0.2) is 266 Å². The van der Waals surface area contributed by atoms with Gasteiger partial charge in [0.2, 0.25) is 0 Å². The van der Waals surface area contributed by atoms with E-state index in [-0.39, 0.29) is 5.92 Å². The van der Waals surface area contributed by atoms with Crippen LogP contribution in [0.2, 0.25) is 0 Å². The van der Waals surface area contributed by atoms with E-state index >= 15 is 0 Å². The van der Waals surface area contributed by atoms with E-state index in [1.54, 1.807) is 0 Å². The molecule has 9 aromatic carbocycles. The van der Waals surface area contributed by atoms with E-state index in [1.807, 2.05) is 0 Å². The summed E-state index contributed by atoms with van der Waals surface area (Å²) in [4.78, 5) is 2.46. The molecule has 0 N–H and O–H groups in total. The van der Waals surface area contributed by atoms with E-state index in [0.29, 0.717) is 0 Å². The molecule has 2 unspecified atom stereocenters. The van der Waals surface area contributed by atoms with E-state index in [1.165, 1.54) is 66.3 Å². The summed E-state index contributed by atoms with van der Waals surface area (Å²) in [6.45, 7) is 2.06. The van der Waals surface area contributed by atoms with Crippen LogP contribution < -0.4 is 4.90 Å². The molecule has 2 aliphatic carbocycles. The van der Waals surface area contributed by atoms with E-state index in [2.05, 4.69) is 283 Å². The van der Waals surface area contributed by atoms with Crippen LogP contribution in [-0.2, 0) is 5.41 Å². The maximum atomic E-state index is 6.88. The topological polar surface area (TPSA) is 8.17 Å². The standard InChI is InChI=1S/C68H50N2/c1-3-5-26-53(4-2)68(54-27-14-8-15-28-54)62-33-20-18-32-60(62)66-65(46-44-58(67(66)68)52-39-45-64-61(47-52)59-31-19-21-34-63(59)70(64)55-29-16-9-17-30-55)69(56-40-35-50(36-41-56)48-22-10-6-11-23-48)57-42-37-51(38-43-57)49-24-12-7-13-25-49/h2-3,5-27,29-47,54H,28H2,1H3/b5-3-,53-26+. The molecule has 2 atom stereocenters. The zero-order valence-electron chi connectivity index (χ0n) is 39.1. The highest BCUT2D eigenvalue weighted by molar-refractivity contribution is 6.11. The van der Waals surface area contributed by atoms with Crippen molar-refractivity contribution < 1.29 is 0 Å². The molecular weight excluding hydrogens is 845 g/mol. The first-order valence-corrected chi connectivity index (χ1v) is 24.3. The van der Waals surface area contributed by atoms with E-state index in [0.717, 1.165) is 45.9 Å². The third-order valence-corrected chi connectivity index (χ3v) is 14.5. The van der Waals surface area contributed by atoms with Crippen LogP contribution in [0, 0.1) is 18.3 Å². The van der Waals surface area contributed by atoms with Crippen molar-refractivity contribution in [2.75, 3.05) is 4.90 Å². The number of para-hydroxylation sites is 2. The molecule has 0 saturated carbocycles. The predicted molar refractivity (Wildman–Crippen MR) is 296 cm³/mol. The number of benzene rings is 9. The fraction of sp³-hybridized carbons (Fsp3) is 0.0588. The number of rotatable bonds is 10. The summed E-state index contributed by atoms with van der Waals surface area (Å²) in [6, 6.07) is 79.6. The predicted octanol–water partition coefficient (Wildman–Crippen LogP) is 17.8. The highest BCUT2D eigenvalue weighted by atomic mass is 15.1. The lowest BCUT2D eigenvalue weighted by Gasteiger charge is -2.41. The molecule has 0 bridgehead atoms. The van der Waals surface area contributed by atoms with Crippen molar-refractivity contribution in [2.45, 2.75) is 18.8 Å². The van der Waals surface area contributed by atoms with Crippen LogP contribution in [0.25, 0.3) is 72.0 Å². The molecule has 0 spiro atoms. The number of allylic oxidation sites excluding steroid dienone is 8. The molecule has 1 heterocycles. The minimum Gasteiger partial charge on any atom is -0.310 e. The van der Waals surface area contributed by atoms with Crippen LogP contribution in [0.4, 0.5) is 17.1 Å². The maximum absolute atomic E-state index is 6.88. The molecule has 2 heteroatoms. The van der Waals surface area contributed by atoms with Gasteiger partial charge in [-0.1, -0.05) is 200 Å². The Labute approximate surface area is 411 Å². The number of nitrogens with zero attached hydrogens (tertiary/aromatic N) is 2. The Morgan fingerprint density at radius 3 is 1.80 bits per heavy atom. The number of fused-ring (bicyclic) bond motifs is 6. The molecule has 2 aliphatic rings. The molecule has 0 radical (unpaired) electrons. The van der Waals surface area contributed by atoms with Crippen LogP contribution in [0.3, 0.4) is 0 Å². The Bertz CT molecular complexity index is 3650. The number of terminal acetylenes is 1. The summed E-state index contributed by atoms with van der Waals surface area (Å²) in [5.74, 6) is 3.37. The van der Waals surface area contributed by atoms with Crippen molar-refractivity contribution in [3.63, 3.8) is 0 Å². The summed E-state index contributed by atoms with van der Waals surface area (Å²) in [6.07, 6.45) is 23.2. The molecule has 70 heavy (non-hydrogen) atoms. The van der Waals surface area contributed by atoms with Gasteiger partial charge in [-0.05, 0) is 136 Å². The molecular formula is C68H50N2. The lowest BCUT2D eigenvalue weighted by molar-refractivity contribution is 0.460. The Hall–Kier alpha value is -8.90. The first-order chi connectivity index (χ1) is 34.7. The highest BCUT2D eigenvalue weighted by Gasteiger charge is 2.52. The number of hydrogen-bond acceptors (Lipinski definition) is 1. The quantitative estimate of drug-likeness (QED) is 0.0981. The van der Waals surface area contributed by atoms with Crippen molar-refractivity contribution in [1.29, 1.82) is 0 Å². The van der Waals surface area contributed by atoms with Gasteiger partial charge >= 0.3 is 0 Å². The highest BCUT2D eigenvalue weighted by Crippen LogP contribution is 2.63. The van der Waals surface area contributed by atoms with Gasteiger partial charge in [0.15, 0.2) is 0 Å². The molecule has 0 fully saturated rings. The van der Waals surface area contributed by atoms with Gasteiger partial charge in [-0.3, -0.25) is 0 Å². The number of hydrogen-bond donors (Lipinski definition) is 0. The Morgan fingerprint density at radius 2 is 1.16 bits per heavy atom. The first kappa shape index (κ1) is 42.5. The van der Waals surface area contributed by atoms with Gasteiger partial charge in [-0.25, -0.2) is 0 Å². The Balaban J connectivity index is 1.17. The molecule has 0 saturated heterocycles. The molecule has 1 aromatic heterocycles. The van der Waals surface area contributed by atoms with Gasteiger partial charge in [-0.2, -0.15) is 0 Å². The summed E-state index contributed by atoms with van der Waals surface area (Å²) in [5.41, 5.74) is 18.8. The lowest BCUT2D eigenvalue weighted by atomic mass is 9.60. The van der Waals surface area contributed by atoms with Crippen LogP contribution in [0.5, 0.6) is 0 Å². The third kappa shape index (κ3) is 6.98. The van der Waals surface area contributed by atoms with Crippen molar-refractivity contribution >= 4 is 38.9 Å². The second-order valence-corrected chi connectivity index (χ2v) is 18.2. The fourth-order valence-electron chi connectivity index (χ4n) is 11.4. The number of anilines is 3. The Kier molecular flexibility index (Phi) is 10.9. The van der Waals surface area contributed by atoms with Crippen molar-refractivity contribution in [3.05, 3.63) is 278 Å². The molecule has 12 rings (SSSR count). The number of aromatic nitrogens is 1. The minimum absolute atomic E-state index is 0.0222. The minimum atomic E-state index is -0.722. The summed E-state index contributed by atoms with van der Waals surface area (Å²) in [7, 11) is 0. The largest absolute Gasteiger partial charge is 0.310 e. The molecule has 2 nitrogen and oxygen atoms in total. The average molecular weight is 895 g/mol. The zero-order valence-corrected chi connectivity index (χ0v) is 39.1. The van der Waals surface area contributed by atoms with Crippen LogP contribution >= 0.6 is 0 Å². The van der Waals surface area contributed by atoms with Gasteiger partial charge in [0.25, 0.3) is 0 Å². The summed E-state index contributed by atoms with van der Waals surface area (Å²) < 4.78 is 2.39. The molecule has 0 aliphatic heterocycles. The van der Waals surface area contributed by atoms with E-state index in [9.17, 15) is 0 Å². The van der Waals surface area contributed by atoms with Gasteiger partial charge < -0.3 is 9.47 Å². The third-order valence-electron chi connectivity index (χ3n) is 14.5.